The monoisotopic (exact) mass is 153 g/mol. The second kappa shape index (κ2) is 3.01. The number of hydrogen-bond acceptors (Lipinski definition) is 3. The highest BCUT2D eigenvalue weighted by Crippen LogP contribution is 2.01. The Morgan fingerprint density at radius 1 is 1.82 bits per heavy atom. The number of nitrogens with zero attached hydrogens (tertiary/aromatic N) is 1. The first kappa shape index (κ1) is 7.53. The van der Waals surface area contributed by atoms with Gasteiger partial charge < -0.3 is 9.52 Å². The highest BCUT2D eigenvalue weighted by molar-refractivity contribution is 5.84. The van der Waals surface area contributed by atoms with Gasteiger partial charge in [0.05, 0.1) is 5.69 Å². The normalized spacial score (nSPS) is 10.6. The number of aryl methyl sites for hydroxylation is 1. The quantitative estimate of drug-likeness (QED) is 0.645. The highest BCUT2D eigenvalue weighted by atomic mass is 16.4. The molecule has 0 atom stereocenters. The van der Waals surface area contributed by atoms with Gasteiger partial charge in [-0.3, -0.25) is 0 Å². The summed E-state index contributed by atoms with van der Waals surface area (Å²) in [5, 5.41) is 8.23. The van der Waals surface area contributed by atoms with Crippen molar-refractivity contribution in [1.82, 2.24) is 4.98 Å². The Balaban J connectivity index is 2.71. The van der Waals surface area contributed by atoms with Crippen molar-refractivity contribution >= 4 is 12.0 Å². The molecular weight excluding hydrogens is 146 g/mol. The van der Waals surface area contributed by atoms with Crippen LogP contribution in [-0.4, -0.2) is 16.1 Å². The zero-order valence-electron chi connectivity index (χ0n) is 5.94. The first-order valence-electron chi connectivity index (χ1n) is 3.01. The van der Waals surface area contributed by atoms with Crippen molar-refractivity contribution in [3.05, 3.63) is 23.9 Å². The van der Waals surface area contributed by atoms with E-state index >= 15 is 0 Å². The lowest BCUT2D eigenvalue weighted by atomic mass is 10.5. The summed E-state index contributed by atoms with van der Waals surface area (Å²) in [6, 6.07) is 0. The van der Waals surface area contributed by atoms with Crippen molar-refractivity contribution < 1.29 is 14.3 Å². The molecule has 0 unspecified atom stereocenters. The zero-order chi connectivity index (χ0) is 8.27. The molecule has 0 aliphatic heterocycles. The fraction of sp³-hybridized carbons (Fsp3) is 0.143. The minimum absolute atomic E-state index is 0.310. The topological polar surface area (TPSA) is 63.3 Å². The summed E-state index contributed by atoms with van der Waals surface area (Å²) >= 11 is 0. The van der Waals surface area contributed by atoms with Crippen molar-refractivity contribution in [3.63, 3.8) is 0 Å². The van der Waals surface area contributed by atoms with Gasteiger partial charge in [0, 0.05) is 12.2 Å². The number of oxazole rings is 1. The van der Waals surface area contributed by atoms with Crippen molar-refractivity contribution in [2.24, 2.45) is 0 Å². The van der Waals surface area contributed by atoms with Gasteiger partial charge in [0.1, 0.15) is 6.26 Å². The van der Waals surface area contributed by atoms with Crippen LogP contribution < -0.4 is 0 Å². The average Bonchev–Trinajstić information content (AvgIpc) is 2.31. The number of hydrogen-bond donors (Lipinski definition) is 1. The number of aromatic nitrogens is 1. The van der Waals surface area contributed by atoms with E-state index in [-0.39, 0.29) is 0 Å². The first-order valence-corrected chi connectivity index (χ1v) is 3.01. The fourth-order valence-corrected chi connectivity index (χ4v) is 0.591. The molecule has 1 N–H and O–H groups in total. The Morgan fingerprint density at radius 2 is 2.55 bits per heavy atom. The van der Waals surface area contributed by atoms with Crippen LogP contribution in [-0.2, 0) is 4.79 Å². The second-order valence-corrected chi connectivity index (χ2v) is 2.00. The van der Waals surface area contributed by atoms with E-state index in [4.69, 9.17) is 9.52 Å². The van der Waals surface area contributed by atoms with E-state index in [1.807, 2.05) is 0 Å². The number of aliphatic carboxylic acids is 1. The van der Waals surface area contributed by atoms with Crippen LogP contribution in [0.1, 0.15) is 11.6 Å². The molecule has 0 aliphatic rings. The maximum Gasteiger partial charge on any atom is 0.328 e. The van der Waals surface area contributed by atoms with E-state index in [9.17, 15) is 4.79 Å². The van der Waals surface area contributed by atoms with Crippen LogP contribution in [0.2, 0.25) is 0 Å². The van der Waals surface area contributed by atoms with Crippen molar-refractivity contribution in [2.75, 3.05) is 0 Å². The van der Waals surface area contributed by atoms with Gasteiger partial charge in [-0.2, -0.15) is 0 Å². The summed E-state index contributed by atoms with van der Waals surface area (Å²) in [5.41, 5.74) is 0.732. The molecule has 58 valence electrons. The van der Waals surface area contributed by atoms with Crippen LogP contribution in [0.25, 0.3) is 6.08 Å². The molecule has 0 fully saturated rings. The van der Waals surface area contributed by atoms with Gasteiger partial charge >= 0.3 is 5.97 Å². The van der Waals surface area contributed by atoms with Crippen molar-refractivity contribution in [1.29, 1.82) is 0 Å². The molecule has 11 heavy (non-hydrogen) atoms. The van der Waals surface area contributed by atoms with Gasteiger partial charge in [-0.25, -0.2) is 9.78 Å². The summed E-state index contributed by atoms with van der Waals surface area (Å²) in [4.78, 5) is 13.9. The van der Waals surface area contributed by atoms with Gasteiger partial charge in [-0.15, -0.1) is 0 Å². The van der Waals surface area contributed by atoms with Crippen LogP contribution in [0.3, 0.4) is 0 Å². The standard InChI is InChI=1S/C7H7NO3/c1-5-4-11-6(8-5)2-3-7(9)10/h2-4H,1H3,(H,9,10)/b3-2-. The van der Waals surface area contributed by atoms with E-state index in [1.54, 1.807) is 6.92 Å². The minimum Gasteiger partial charge on any atom is -0.478 e. The Labute approximate surface area is 63.2 Å². The molecule has 1 aromatic heterocycles. The summed E-state index contributed by atoms with van der Waals surface area (Å²) in [6.07, 6.45) is 3.74. The fourth-order valence-electron chi connectivity index (χ4n) is 0.591. The second-order valence-electron chi connectivity index (χ2n) is 2.00. The van der Waals surface area contributed by atoms with Gasteiger partial charge in [0.25, 0.3) is 0 Å². The van der Waals surface area contributed by atoms with E-state index < -0.39 is 5.97 Å². The molecule has 0 spiro atoms. The van der Waals surface area contributed by atoms with Crippen LogP contribution in [0.5, 0.6) is 0 Å². The molecule has 0 radical (unpaired) electrons. The lowest BCUT2D eigenvalue weighted by Gasteiger charge is -1.78. The lowest BCUT2D eigenvalue weighted by Crippen LogP contribution is -1.85. The number of rotatable bonds is 2. The van der Waals surface area contributed by atoms with Crippen molar-refractivity contribution in [3.8, 4) is 0 Å². The third-order valence-corrected chi connectivity index (χ3v) is 1.01. The molecule has 0 saturated carbocycles. The molecule has 0 aromatic carbocycles. The molecule has 1 aromatic rings. The average molecular weight is 153 g/mol. The van der Waals surface area contributed by atoms with E-state index in [1.165, 1.54) is 12.3 Å². The summed E-state index contributed by atoms with van der Waals surface area (Å²) < 4.78 is 4.85. The largest absolute Gasteiger partial charge is 0.478 e. The molecule has 0 bridgehead atoms. The first-order chi connectivity index (χ1) is 5.18. The maximum absolute atomic E-state index is 10.0. The molecule has 1 rings (SSSR count). The Hall–Kier alpha value is -1.58. The molecule has 0 amide bonds. The predicted molar refractivity (Wildman–Crippen MR) is 37.9 cm³/mol. The number of carbonyl (C=O) groups is 1. The Kier molecular flexibility index (Phi) is 2.06. The van der Waals surface area contributed by atoms with E-state index in [0.717, 1.165) is 11.8 Å². The van der Waals surface area contributed by atoms with Crippen molar-refractivity contribution in [2.45, 2.75) is 6.92 Å². The number of carboxylic acids is 1. The van der Waals surface area contributed by atoms with Crippen LogP contribution >= 0.6 is 0 Å². The van der Waals surface area contributed by atoms with Crippen LogP contribution in [0.15, 0.2) is 16.8 Å². The Bertz CT molecular complexity index is 288. The SMILES string of the molecule is Cc1coc(/C=C\C(=O)O)n1. The molecular formula is C7H7NO3. The van der Waals surface area contributed by atoms with Crippen LogP contribution in [0.4, 0.5) is 0 Å². The summed E-state index contributed by atoms with van der Waals surface area (Å²) in [6.45, 7) is 1.77. The van der Waals surface area contributed by atoms with Gasteiger partial charge in [-0.05, 0) is 6.92 Å². The predicted octanol–water partition coefficient (Wildman–Crippen LogP) is 1.08. The zero-order valence-corrected chi connectivity index (χ0v) is 5.94. The third kappa shape index (κ3) is 2.25. The van der Waals surface area contributed by atoms with Crippen LogP contribution in [0, 0.1) is 6.92 Å². The van der Waals surface area contributed by atoms with E-state index in [0.29, 0.717) is 5.89 Å². The molecule has 4 heteroatoms. The molecule has 1 heterocycles. The molecule has 0 saturated heterocycles. The molecule has 0 aliphatic carbocycles. The minimum atomic E-state index is -1.01. The summed E-state index contributed by atoms with van der Waals surface area (Å²) in [5.74, 6) is -0.703. The van der Waals surface area contributed by atoms with E-state index in [2.05, 4.69) is 4.98 Å². The Morgan fingerprint density at radius 3 is 3.00 bits per heavy atom. The van der Waals surface area contributed by atoms with Gasteiger partial charge in [0.2, 0.25) is 5.89 Å². The smallest absolute Gasteiger partial charge is 0.328 e. The lowest BCUT2D eigenvalue weighted by molar-refractivity contribution is -0.131. The number of carboxylic acid groups (broad SMARTS) is 1. The van der Waals surface area contributed by atoms with Gasteiger partial charge in [0.15, 0.2) is 0 Å². The maximum atomic E-state index is 10.0. The van der Waals surface area contributed by atoms with Gasteiger partial charge in [-0.1, -0.05) is 0 Å². The highest BCUT2D eigenvalue weighted by Gasteiger charge is 1.94. The molecule has 4 nitrogen and oxygen atoms in total. The summed E-state index contributed by atoms with van der Waals surface area (Å²) in [7, 11) is 0. The third-order valence-electron chi connectivity index (χ3n) is 1.01.